The number of benzene rings is 1. The molecule has 19 heavy (non-hydrogen) atoms. The number of thiazole rings is 1. The molecule has 1 aromatic carbocycles. The summed E-state index contributed by atoms with van der Waals surface area (Å²) in [5, 5.41) is 10.7. The van der Waals surface area contributed by atoms with Gasteiger partial charge in [0.25, 0.3) is 10.0 Å². The zero-order valence-corrected chi connectivity index (χ0v) is 11.5. The van der Waals surface area contributed by atoms with Gasteiger partial charge in [0.05, 0.1) is 23.0 Å². The van der Waals surface area contributed by atoms with Crippen LogP contribution in [-0.4, -0.2) is 13.4 Å². The number of nitrogens with one attached hydrogen (secondary N) is 1. The first-order chi connectivity index (χ1) is 8.92. The summed E-state index contributed by atoms with van der Waals surface area (Å²) in [6.07, 6.45) is 0. The normalized spacial score (nSPS) is 10.9. The summed E-state index contributed by atoms with van der Waals surface area (Å²) in [7, 11) is -3.79. The highest BCUT2D eigenvalue weighted by Gasteiger charge is 2.19. The van der Waals surface area contributed by atoms with Crippen molar-refractivity contribution in [2.45, 2.75) is 11.8 Å². The number of nitrogen functional groups attached to an aromatic ring is 1. The van der Waals surface area contributed by atoms with Gasteiger partial charge < -0.3 is 5.73 Å². The molecule has 3 N–H and O–H groups in total. The first-order valence-corrected chi connectivity index (χ1v) is 7.53. The van der Waals surface area contributed by atoms with Crippen LogP contribution in [0.5, 0.6) is 0 Å². The van der Waals surface area contributed by atoms with Crippen LogP contribution in [-0.2, 0) is 10.0 Å². The van der Waals surface area contributed by atoms with Gasteiger partial charge in [-0.1, -0.05) is 0 Å². The van der Waals surface area contributed by atoms with Gasteiger partial charge >= 0.3 is 0 Å². The van der Waals surface area contributed by atoms with Crippen LogP contribution >= 0.6 is 11.3 Å². The molecule has 0 saturated carbocycles. The lowest BCUT2D eigenvalue weighted by atomic mass is 10.2. The maximum Gasteiger partial charge on any atom is 0.265 e. The highest BCUT2D eigenvalue weighted by molar-refractivity contribution is 7.93. The highest BCUT2D eigenvalue weighted by atomic mass is 32.2. The van der Waals surface area contributed by atoms with Gasteiger partial charge in [0.15, 0.2) is 5.13 Å². The fourth-order valence-corrected chi connectivity index (χ4v) is 3.49. The Bertz CT molecular complexity index is 759. The lowest BCUT2D eigenvalue weighted by molar-refractivity contribution is 0.601. The standard InChI is InChI=1S/C11H10N4O2S2/c1-7-6-18-11(14-7)15-19(16,17)10-3-2-8(5-12)4-9(10)13/h2-4,6H,13H2,1H3,(H,14,15). The minimum Gasteiger partial charge on any atom is -0.398 e. The van der Waals surface area contributed by atoms with Crippen LogP contribution in [0, 0.1) is 18.3 Å². The van der Waals surface area contributed by atoms with E-state index in [9.17, 15) is 8.42 Å². The molecule has 0 bridgehead atoms. The first kappa shape index (κ1) is 13.3. The maximum absolute atomic E-state index is 12.1. The molecule has 2 aromatic rings. The minimum absolute atomic E-state index is 0.0276. The number of nitrogens with zero attached hydrogens (tertiary/aromatic N) is 2. The van der Waals surface area contributed by atoms with Gasteiger partial charge in [-0.2, -0.15) is 5.26 Å². The number of nitrogens with two attached hydrogens (primary N) is 1. The Morgan fingerprint density at radius 2 is 2.21 bits per heavy atom. The smallest absolute Gasteiger partial charge is 0.265 e. The molecule has 1 heterocycles. The van der Waals surface area contributed by atoms with E-state index in [1.54, 1.807) is 12.3 Å². The quantitative estimate of drug-likeness (QED) is 0.837. The molecule has 0 fully saturated rings. The molecular formula is C11H10N4O2S2. The molecule has 0 amide bonds. The molecule has 0 aliphatic rings. The monoisotopic (exact) mass is 294 g/mol. The van der Waals surface area contributed by atoms with Crippen molar-refractivity contribution in [1.29, 1.82) is 5.26 Å². The molecule has 0 saturated heterocycles. The predicted octanol–water partition coefficient (Wildman–Crippen LogP) is 1.71. The summed E-state index contributed by atoms with van der Waals surface area (Å²) < 4.78 is 26.6. The van der Waals surface area contributed by atoms with E-state index < -0.39 is 10.0 Å². The van der Waals surface area contributed by atoms with Crippen molar-refractivity contribution in [3.05, 3.63) is 34.8 Å². The number of aromatic nitrogens is 1. The Kier molecular flexibility index (Phi) is 3.42. The zero-order chi connectivity index (χ0) is 14.0. The molecule has 8 heteroatoms. The topological polar surface area (TPSA) is 109 Å². The second-order valence-electron chi connectivity index (χ2n) is 3.76. The van der Waals surface area contributed by atoms with Crippen LogP contribution in [0.4, 0.5) is 10.8 Å². The largest absolute Gasteiger partial charge is 0.398 e. The summed E-state index contributed by atoms with van der Waals surface area (Å²) >= 11 is 1.19. The van der Waals surface area contributed by atoms with Crippen LogP contribution in [0.15, 0.2) is 28.5 Å². The average molecular weight is 294 g/mol. The number of hydrogen-bond donors (Lipinski definition) is 2. The van der Waals surface area contributed by atoms with Crippen molar-refractivity contribution in [2.24, 2.45) is 0 Å². The van der Waals surface area contributed by atoms with Gasteiger partial charge in [0.2, 0.25) is 0 Å². The van der Waals surface area contributed by atoms with Crippen molar-refractivity contribution in [3.8, 4) is 6.07 Å². The Hall–Kier alpha value is -2.11. The molecule has 0 aliphatic carbocycles. The summed E-state index contributed by atoms with van der Waals surface area (Å²) in [6, 6.07) is 5.92. The lowest BCUT2D eigenvalue weighted by Gasteiger charge is -2.07. The van der Waals surface area contributed by atoms with Gasteiger partial charge in [-0.15, -0.1) is 11.3 Å². The molecule has 0 spiro atoms. The second-order valence-corrected chi connectivity index (χ2v) is 6.27. The summed E-state index contributed by atoms with van der Waals surface area (Å²) in [5.74, 6) is 0. The van der Waals surface area contributed by atoms with Crippen molar-refractivity contribution in [2.75, 3.05) is 10.5 Å². The lowest BCUT2D eigenvalue weighted by Crippen LogP contribution is -2.14. The first-order valence-electron chi connectivity index (χ1n) is 5.17. The third-order valence-corrected chi connectivity index (χ3v) is 4.69. The van der Waals surface area contributed by atoms with Gasteiger partial charge in [-0.05, 0) is 25.1 Å². The molecule has 98 valence electrons. The SMILES string of the molecule is Cc1csc(NS(=O)(=O)c2ccc(C#N)cc2N)n1. The van der Waals surface area contributed by atoms with E-state index in [-0.39, 0.29) is 15.7 Å². The van der Waals surface area contributed by atoms with Crippen LogP contribution in [0.3, 0.4) is 0 Å². The van der Waals surface area contributed by atoms with E-state index in [1.807, 2.05) is 6.07 Å². The van der Waals surface area contributed by atoms with Crippen molar-refractivity contribution < 1.29 is 8.42 Å². The van der Waals surface area contributed by atoms with Crippen LogP contribution in [0.2, 0.25) is 0 Å². The van der Waals surface area contributed by atoms with Gasteiger partial charge in [-0.25, -0.2) is 13.4 Å². The summed E-state index contributed by atoms with van der Waals surface area (Å²) in [4.78, 5) is 3.95. The van der Waals surface area contributed by atoms with E-state index in [0.29, 0.717) is 5.56 Å². The molecule has 2 rings (SSSR count). The maximum atomic E-state index is 12.1. The van der Waals surface area contributed by atoms with Crippen molar-refractivity contribution in [1.82, 2.24) is 4.98 Å². The predicted molar refractivity (Wildman–Crippen MR) is 73.2 cm³/mol. The zero-order valence-electron chi connectivity index (χ0n) is 9.91. The number of aryl methyl sites for hydroxylation is 1. The number of nitriles is 1. The van der Waals surface area contributed by atoms with Crippen molar-refractivity contribution in [3.63, 3.8) is 0 Å². The summed E-state index contributed by atoms with van der Waals surface area (Å²) in [5.41, 5.74) is 6.72. The minimum atomic E-state index is -3.79. The third-order valence-electron chi connectivity index (χ3n) is 2.27. The van der Waals surface area contributed by atoms with E-state index in [1.165, 1.54) is 29.5 Å². The number of rotatable bonds is 3. The van der Waals surface area contributed by atoms with E-state index in [4.69, 9.17) is 11.0 Å². The van der Waals surface area contributed by atoms with Gasteiger partial charge in [0, 0.05) is 5.38 Å². The van der Waals surface area contributed by atoms with E-state index in [2.05, 4.69) is 9.71 Å². The molecule has 1 aromatic heterocycles. The Morgan fingerprint density at radius 1 is 1.47 bits per heavy atom. The van der Waals surface area contributed by atoms with Gasteiger partial charge in [-0.3, -0.25) is 4.72 Å². The number of anilines is 2. The highest BCUT2D eigenvalue weighted by Crippen LogP contribution is 2.24. The molecule has 0 atom stereocenters. The van der Waals surface area contributed by atoms with Crippen LogP contribution < -0.4 is 10.5 Å². The summed E-state index contributed by atoms with van der Waals surface area (Å²) in [6.45, 7) is 1.77. The Balaban J connectivity index is 2.37. The van der Waals surface area contributed by atoms with Crippen molar-refractivity contribution >= 4 is 32.2 Å². The Morgan fingerprint density at radius 3 is 2.74 bits per heavy atom. The van der Waals surface area contributed by atoms with E-state index >= 15 is 0 Å². The fraction of sp³-hybridized carbons (Fsp3) is 0.0909. The molecule has 0 unspecified atom stereocenters. The van der Waals surface area contributed by atoms with Crippen LogP contribution in [0.1, 0.15) is 11.3 Å². The van der Waals surface area contributed by atoms with Crippen LogP contribution in [0.25, 0.3) is 0 Å². The number of sulfonamides is 1. The second kappa shape index (κ2) is 4.87. The molecule has 0 aliphatic heterocycles. The third kappa shape index (κ3) is 2.83. The molecule has 6 nitrogen and oxygen atoms in total. The molecular weight excluding hydrogens is 284 g/mol. The average Bonchev–Trinajstić information content (AvgIpc) is 2.73. The number of hydrogen-bond acceptors (Lipinski definition) is 6. The van der Waals surface area contributed by atoms with E-state index in [0.717, 1.165) is 5.69 Å². The van der Waals surface area contributed by atoms with Gasteiger partial charge in [0.1, 0.15) is 4.90 Å². The fourth-order valence-electron chi connectivity index (χ4n) is 1.43. The molecule has 0 radical (unpaired) electrons. The Labute approximate surface area is 114 Å².